The number of anilines is 1. The first-order valence-corrected chi connectivity index (χ1v) is 7.93. The van der Waals surface area contributed by atoms with Gasteiger partial charge < -0.3 is 15.3 Å². The normalized spacial score (nSPS) is 19.6. The Morgan fingerprint density at radius 1 is 1.48 bits per heavy atom. The summed E-state index contributed by atoms with van der Waals surface area (Å²) in [5.41, 5.74) is 1.92. The quantitative estimate of drug-likeness (QED) is 0.876. The number of aliphatic hydroxyl groups is 1. The fourth-order valence-electron chi connectivity index (χ4n) is 2.97. The van der Waals surface area contributed by atoms with Gasteiger partial charge in [-0.25, -0.2) is 0 Å². The smallest absolute Gasteiger partial charge is 0.239 e. The van der Waals surface area contributed by atoms with E-state index in [9.17, 15) is 9.90 Å². The standard InChI is InChI=1S/C17H26N2O2/c1-3-7-13(2)18-17(21)12-19-11-6-10-16(20)14-8-4-5-9-15(14)19/h4-5,8-9,13,16,20H,3,6-7,10-12H2,1-2H3,(H,18,21). The van der Waals surface area contributed by atoms with Gasteiger partial charge in [0.25, 0.3) is 0 Å². The molecule has 0 saturated carbocycles. The van der Waals surface area contributed by atoms with Crippen LogP contribution in [0, 0.1) is 0 Å². The molecule has 0 spiro atoms. The Balaban J connectivity index is 2.06. The third kappa shape index (κ3) is 4.21. The van der Waals surface area contributed by atoms with Gasteiger partial charge in [-0.1, -0.05) is 31.5 Å². The Bertz CT molecular complexity index is 476. The Morgan fingerprint density at radius 3 is 3.00 bits per heavy atom. The zero-order valence-corrected chi connectivity index (χ0v) is 13.0. The number of aliphatic hydroxyl groups excluding tert-OH is 1. The molecule has 21 heavy (non-hydrogen) atoms. The van der Waals surface area contributed by atoms with Crippen LogP contribution in [0.2, 0.25) is 0 Å². The largest absolute Gasteiger partial charge is 0.388 e. The van der Waals surface area contributed by atoms with Crippen molar-refractivity contribution in [2.24, 2.45) is 0 Å². The minimum absolute atomic E-state index is 0.0575. The Labute approximate surface area is 127 Å². The second kappa shape index (κ2) is 7.46. The first-order chi connectivity index (χ1) is 10.1. The minimum atomic E-state index is -0.423. The van der Waals surface area contributed by atoms with Gasteiger partial charge in [0.05, 0.1) is 12.6 Å². The lowest BCUT2D eigenvalue weighted by atomic mass is 10.0. The molecule has 1 amide bonds. The van der Waals surface area contributed by atoms with Crippen LogP contribution in [-0.4, -0.2) is 30.1 Å². The van der Waals surface area contributed by atoms with Gasteiger partial charge in [0.1, 0.15) is 0 Å². The molecule has 0 aliphatic carbocycles. The van der Waals surface area contributed by atoms with E-state index in [1.165, 1.54) is 0 Å². The van der Waals surface area contributed by atoms with E-state index in [4.69, 9.17) is 0 Å². The summed E-state index contributed by atoms with van der Waals surface area (Å²) in [6.07, 6.45) is 3.30. The topological polar surface area (TPSA) is 52.6 Å². The molecule has 4 heteroatoms. The summed E-state index contributed by atoms with van der Waals surface area (Å²) in [5.74, 6) is 0.0575. The van der Waals surface area contributed by atoms with E-state index in [-0.39, 0.29) is 11.9 Å². The van der Waals surface area contributed by atoms with Crippen LogP contribution in [0.5, 0.6) is 0 Å². The lowest BCUT2D eigenvalue weighted by Crippen LogP contribution is -2.41. The van der Waals surface area contributed by atoms with Gasteiger partial charge in [0.2, 0.25) is 5.91 Å². The molecule has 0 bridgehead atoms. The molecule has 0 radical (unpaired) electrons. The summed E-state index contributed by atoms with van der Waals surface area (Å²) in [4.78, 5) is 14.3. The van der Waals surface area contributed by atoms with E-state index in [1.54, 1.807) is 0 Å². The third-order valence-corrected chi connectivity index (χ3v) is 4.01. The molecule has 2 atom stereocenters. The maximum absolute atomic E-state index is 12.2. The van der Waals surface area contributed by atoms with Crippen LogP contribution in [0.4, 0.5) is 5.69 Å². The van der Waals surface area contributed by atoms with E-state index in [0.717, 1.165) is 43.5 Å². The summed E-state index contributed by atoms with van der Waals surface area (Å²) >= 11 is 0. The van der Waals surface area contributed by atoms with E-state index < -0.39 is 6.10 Å². The maximum Gasteiger partial charge on any atom is 0.239 e. The van der Waals surface area contributed by atoms with Gasteiger partial charge in [-0.15, -0.1) is 0 Å². The monoisotopic (exact) mass is 290 g/mol. The summed E-state index contributed by atoms with van der Waals surface area (Å²) in [6, 6.07) is 8.06. The molecule has 116 valence electrons. The molecular weight excluding hydrogens is 264 g/mol. The molecule has 2 rings (SSSR count). The Kier molecular flexibility index (Phi) is 5.62. The molecule has 1 aromatic carbocycles. The van der Waals surface area contributed by atoms with Crippen molar-refractivity contribution in [2.45, 2.75) is 51.7 Å². The number of benzene rings is 1. The number of nitrogens with zero attached hydrogens (tertiary/aromatic N) is 1. The van der Waals surface area contributed by atoms with Crippen molar-refractivity contribution in [3.05, 3.63) is 29.8 Å². The number of nitrogens with one attached hydrogen (secondary N) is 1. The van der Waals surface area contributed by atoms with Gasteiger partial charge in [-0.3, -0.25) is 4.79 Å². The molecule has 0 aromatic heterocycles. The first-order valence-electron chi connectivity index (χ1n) is 7.93. The van der Waals surface area contributed by atoms with Crippen molar-refractivity contribution in [2.75, 3.05) is 18.0 Å². The number of para-hydroxylation sites is 1. The van der Waals surface area contributed by atoms with Crippen LogP contribution in [0.25, 0.3) is 0 Å². The van der Waals surface area contributed by atoms with Crippen LogP contribution in [0.1, 0.15) is 51.2 Å². The highest BCUT2D eigenvalue weighted by Gasteiger charge is 2.22. The van der Waals surface area contributed by atoms with E-state index in [1.807, 2.05) is 31.2 Å². The fraction of sp³-hybridized carbons (Fsp3) is 0.588. The third-order valence-electron chi connectivity index (χ3n) is 4.01. The minimum Gasteiger partial charge on any atom is -0.388 e. The molecule has 2 N–H and O–H groups in total. The van der Waals surface area contributed by atoms with Gasteiger partial charge in [0, 0.05) is 23.8 Å². The lowest BCUT2D eigenvalue weighted by Gasteiger charge is -2.25. The summed E-state index contributed by atoms with van der Waals surface area (Å²) < 4.78 is 0. The zero-order valence-electron chi connectivity index (χ0n) is 13.0. The maximum atomic E-state index is 12.2. The van der Waals surface area contributed by atoms with Crippen molar-refractivity contribution in [1.29, 1.82) is 0 Å². The second-order valence-corrected chi connectivity index (χ2v) is 5.90. The first kappa shape index (κ1) is 15.8. The van der Waals surface area contributed by atoms with Gasteiger partial charge in [-0.05, 0) is 32.3 Å². The number of rotatable bonds is 5. The SMILES string of the molecule is CCCC(C)NC(=O)CN1CCCC(O)c2ccccc21. The number of hydrogen-bond acceptors (Lipinski definition) is 3. The highest BCUT2D eigenvalue weighted by molar-refractivity contribution is 5.82. The van der Waals surface area contributed by atoms with Crippen LogP contribution < -0.4 is 10.2 Å². The van der Waals surface area contributed by atoms with Gasteiger partial charge in [0.15, 0.2) is 0 Å². The number of carbonyl (C=O) groups is 1. The highest BCUT2D eigenvalue weighted by Crippen LogP contribution is 2.32. The van der Waals surface area contributed by atoms with Crippen molar-refractivity contribution in [3.8, 4) is 0 Å². The zero-order chi connectivity index (χ0) is 15.2. The van der Waals surface area contributed by atoms with Crippen LogP contribution in [0.3, 0.4) is 0 Å². The molecule has 1 heterocycles. The van der Waals surface area contributed by atoms with Crippen molar-refractivity contribution in [1.82, 2.24) is 5.32 Å². The van der Waals surface area contributed by atoms with E-state index in [2.05, 4.69) is 17.1 Å². The molecule has 1 aliphatic heterocycles. The van der Waals surface area contributed by atoms with Crippen molar-refractivity contribution >= 4 is 11.6 Å². The number of amides is 1. The van der Waals surface area contributed by atoms with Crippen LogP contribution in [0.15, 0.2) is 24.3 Å². The molecule has 1 aromatic rings. The Hall–Kier alpha value is -1.55. The second-order valence-electron chi connectivity index (χ2n) is 5.90. The average Bonchev–Trinajstić information content (AvgIpc) is 2.60. The summed E-state index contributed by atoms with van der Waals surface area (Å²) in [6.45, 7) is 5.33. The Morgan fingerprint density at radius 2 is 2.24 bits per heavy atom. The predicted octanol–water partition coefficient (Wildman–Crippen LogP) is 2.63. The van der Waals surface area contributed by atoms with Crippen molar-refractivity contribution in [3.63, 3.8) is 0 Å². The van der Waals surface area contributed by atoms with Gasteiger partial charge >= 0.3 is 0 Å². The van der Waals surface area contributed by atoms with E-state index >= 15 is 0 Å². The van der Waals surface area contributed by atoms with Gasteiger partial charge in [-0.2, -0.15) is 0 Å². The van der Waals surface area contributed by atoms with E-state index in [0.29, 0.717) is 6.54 Å². The fourth-order valence-corrected chi connectivity index (χ4v) is 2.97. The number of hydrogen-bond donors (Lipinski definition) is 2. The summed E-state index contributed by atoms with van der Waals surface area (Å²) in [7, 11) is 0. The average molecular weight is 290 g/mol. The van der Waals surface area contributed by atoms with Crippen LogP contribution in [-0.2, 0) is 4.79 Å². The molecule has 0 fully saturated rings. The molecule has 0 saturated heterocycles. The molecule has 2 unspecified atom stereocenters. The van der Waals surface area contributed by atoms with Crippen LogP contribution >= 0.6 is 0 Å². The lowest BCUT2D eigenvalue weighted by molar-refractivity contribution is -0.120. The number of carbonyl (C=O) groups excluding carboxylic acids is 1. The summed E-state index contributed by atoms with van der Waals surface area (Å²) in [5, 5.41) is 13.2. The number of fused-ring (bicyclic) bond motifs is 1. The van der Waals surface area contributed by atoms with Crippen molar-refractivity contribution < 1.29 is 9.90 Å². The predicted molar refractivity (Wildman–Crippen MR) is 85.4 cm³/mol. The molecular formula is C17H26N2O2. The molecule has 4 nitrogen and oxygen atoms in total. The molecule has 1 aliphatic rings. The highest BCUT2D eigenvalue weighted by atomic mass is 16.3.